The quantitative estimate of drug-likeness (QED) is 0.448. The van der Waals surface area contributed by atoms with E-state index in [-0.39, 0.29) is 17.8 Å². The Bertz CT molecular complexity index is 1140. The van der Waals surface area contributed by atoms with Gasteiger partial charge in [0.05, 0.1) is 21.3 Å². The van der Waals surface area contributed by atoms with Gasteiger partial charge in [0.1, 0.15) is 11.6 Å². The van der Waals surface area contributed by atoms with Crippen LogP contribution >= 0.6 is 0 Å². The standard InChI is InChI=1S/C28H31FN2O4/c1-33-25-6-4-5-20(17-25)19-30-15-13-23(14-16-30)31(28(32)21-7-9-22(29)10-8-21)24-11-12-26(34-2)27(18-24)35-3/h4-12,17-18,23H,13-16,19H2,1-3H3. The van der Waals surface area contributed by atoms with Gasteiger partial charge in [-0.2, -0.15) is 0 Å². The zero-order chi connectivity index (χ0) is 24.8. The number of hydrogen-bond acceptors (Lipinski definition) is 5. The van der Waals surface area contributed by atoms with E-state index in [0.29, 0.717) is 17.1 Å². The van der Waals surface area contributed by atoms with Crippen LogP contribution in [0.5, 0.6) is 17.2 Å². The van der Waals surface area contributed by atoms with E-state index in [9.17, 15) is 9.18 Å². The highest BCUT2D eigenvalue weighted by molar-refractivity contribution is 6.06. The third-order valence-corrected chi connectivity index (χ3v) is 6.42. The minimum absolute atomic E-state index is 0.00721. The Balaban J connectivity index is 1.56. The molecule has 0 radical (unpaired) electrons. The lowest BCUT2D eigenvalue weighted by atomic mass is 10.00. The number of benzene rings is 3. The van der Waals surface area contributed by atoms with E-state index in [1.54, 1.807) is 27.4 Å². The molecule has 0 aromatic heterocycles. The first kappa shape index (κ1) is 24.5. The van der Waals surface area contributed by atoms with Crippen molar-refractivity contribution in [3.63, 3.8) is 0 Å². The zero-order valence-corrected chi connectivity index (χ0v) is 20.4. The van der Waals surface area contributed by atoms with Gasteiger partial charge in [0.15, 0.2) is 11.5 Å². The number of piperidine rings is 1. The molecule has 184 valence electrons. The van der Waals surface area contributed by atoms with E-state index in [1.807, 2.05) is 29.2 Å². The summed E-state index contributed by atoms with van der Waals surface area (Å²) < 4.78 is 29.7. The number of ether oxygens (including phenoxy) is 3. The van der Waals surface area contributed by atoms with Crippen molar-refractivity contribution in [1.82, 2.24) is 4.90 Å². The second-order valence-corrected chi connectivity index (χ2v) is 8.58. The van der Waals surface area contributed by atoms with Gasteiger partial charge in [-0.3, -0.25) is 9.69 Å². The Hall–Kier alpha value is -3.58. The number of hydrogen-bond donors (Lipinski definition) is 0. The van der Waals surface area contributed by atoms with Crippen LogP contribution in [0.3, 0.4) is 0 Å². The SMILES string of the molecule is COc1cccc(CN2CCC(N(C(=O)c3ccc(F)cc3)c3ccc(OC)c(OC)c3)CC2)c1. The summed E-state index contributed by atoms with van der Waals surface area (Å²) in [6.45, 7) is 2.52. The van der Waals surface area contributed by atoms with Gasteiger partial charge in [-0.05, 0) is 66.9 Å². The average molecular weight is 479 g/mol. The number of likely N-dealkylation sites (tertiary alicyclic amines) is 1. The molecule has 1 amide bonds. The van der Waals surface area contributed by atoms with Crippen LogP contribution in [0.1, 0.15) is 28.8 Å². The Morgan fingerprint density at radius 2 is 1.63 bits per heavy atom. The summed E-state index contributed by atoms with van der Waals surface area (Å²) in [7, 11) is 4.83. The Morgan fingerprint density at radius 1 is 0.914 bits per heavy atom. The lowest BCUT2D eigenvalue weighted by Gasteiger charge is -2.39. The fraction of sp³-hybridized carbons (Fsp3) is 0.321. The molecule has 7 heteroatoms. The number of anilines is 1. The van der Waals surface area contributed by atoms with Gasteiger partial charge >= 0.3 is 0 Å². The highest BCUT2D eigenvalue weighted by atomic mass is 19.1. The van der Waals surface area contributed by atoms with E-state index in [1.165, 1.54) is 29.8 Å². The van der Waals surface area contributed by atoms with E-state index >= 15 is 0 Å². The van der Waals surface area contributed by atoms with Gasteiger partial charge < -0.3 is 19.1 Å². The van der Waals surface area contributed by atoms with E-state index in [2.05, 4.69) is 17.0 Å². The number of rotatable bonds is 8. The highest BCUT2D eigenvalue weighted by Gasteiger charge is 2.30. The smallest absolute Gasteiger partial charge is 0.258 e. The molecule has 1 aliphatic rings. The van der Waals surface area contributed by atoms with Gasteiger partial charge in [-0.1, -0.05) is 12.1 Å². The van der Waals surface area contributed by atoms with Crippen LogP contribution in [-0.4, -0.2) is 51.3 Å². The van der Waals surface area contributed by atoms with Gasteiger partial charge in [0, 0.05) is 43.0 Å². The van der Waals surface area contributed by atoms with E-state index in [4.69, 9.17) is 14.2 Å². The normalized spacial score (nSPS) is 14.4. The Kier molecular flexibility index (Phi) is 7.87. The molecule has 0 bridgehead atoms. The van der Waals surface area contributed by atoms with Gasteiger partial charge in [-0.15, -0.1) is 0 Å². The summed E-state index contributed by atoms with van der Waals surface area (Å²) in [5, 5.41) is 0. The molecule has 1 saturated heterocycles. The molecule has 0 saturated carbocycles. The van der Waals surface area contributed by atoms with E-state index < -0.39 is 0 Å². The molecule has 35 heavy (non-hydrogen) atoms. The molecule has 0 atom stereocenters. The molecule has 0 unspecified atom stereocenters. The first-order valence-electron chi connectivity index (χ1n) is 11.7. The number of carbonyl (C=O) groups is 1. The van der Waals surface area contributed by atoms with Crippen molar-refractivity contribution in [2.24, 2.45) is 0 Å². The molecule has 0 aliphatic carbocycles. The minimum Gasteiger partial charge on any atom is -0.497 e. The molecule has 3 aromatic rings. The predicted molar refractivity (Wildman–Crippen MR) is 134 cm³/mol. The van der Waals surface area contributed by atoms with Crippen molar-refractivity contribution in [2.75, 3.05) is 39.3 Å². The number of methoxy groups -OCH3 is 3. The molecule has 1 aliphatic heterocycles. The molecule has 4 rings (SSSR count). The predicted octanol–water partition coefficient (Wildman–Crippen LogP) is 5.16. The van der Waals surface area contributed by atoms with Gasteiger partial charge in [0.25, 0.3) is 5.91 Å². The van der Waals surface area contributed by atoms with Crippen LogP contribution in [0.4, 0.5) is 10.1 Å². The summed E-state index contributed by atoms with van der Waals surface area (Å²) >= 11 is 0. The largest absolute Gasteiger partial charge is 0.497 e. The van der Waals surface area contributed by atoms with Crippen molar-refractivity contribution < 1.29 is 23.4 Å². The highest BCUT2D eigenvalue weighted by Crippen LogP contribution is 2.34. The van der Waals surface area contributed by atoms with Gasteiger partial charge in [-0.25, -0.2) is 4.39 Å². The lowest BCUT2D eigenvalue weighted by Crippen LogP contribution is -2.47. The summed E-state index contributed by atoms with van der Waals surface area (Å²) in [6, 6.07) is 19.3. The van der Waals surface area contributed by atoms with Crippen molar-refractivity contribution in [3.8, 4) is 17.2 Å². The summed E-state index contributed by atoms with van der Waals surface area (Å²) in [5.74, 6) is 1.46. The molecule has 0 spiro atoms. The second-order valence-electron chi connectivity index (χ2n) is 8.58. The number of carbonyl (C=O) groups excluding carboxylic acids is 1. The van der Waals surface area contributed by atoms with Gasteiger partial charge in [0.2, 0.25) is 0 Å². The molecule has 6 nitrogen and oxygen atoms in total. The minimum atomic E-state index is -0.370. The molecular weight excluding hydrogens is 447 g/mol. The van der Waals surface area contributed by atoms with Crippen LogP contribution in [0.25, 0.3) is 0 Å². The van der Waals surface area contributed by atoms with Crippen LogP contribution in [0.2, 0.25) is 0 Å². The summed E-state index contributed by atoms with van der Waals surface area (Å²) in [5.41, 5.74) is 2.37. The van der Waals surface area contributed by atoms with E-state index in [0.717, 1.165) is 43.9 Å². The number of amides is 1. The van der Waals surface area contributed by atoms with Crippen LogP contribution in [0.15, 0.2) is 66.7 Å². The van der Waals surface area contributed by atoms with Crippen molar-refractivity contribution in [2.45, 2.75) is 25.4 Å². The maximum atomic E-state index is 13.7. The van der Waals surface area contributed by atoms with Crippen molar-refractivity contribution in [3.05, 3.63) is 83.7 Å². The fourth-order valence-electron chi connectivity index (χ4n) is 4.56. The van der Waals surface area contributed by atoms with Crippen LogP contribution < -0.4 is 19.1 Å². The number of nitrogens with zero attached hydrogens (tertiary/aromatic N) is 2. The van der Waals surface area contributed by atoms with Crippen molar-refractivity contribution >= 4 is 11.6 Å². The average Bonchev–Trinajstić information content (AvgIpc) is 2.90. The topological polar surface area (TPSA) is 51.2 Å². The third kappa shape index (κ3) is 5.74. The molecular formula is C28H31FN2O4. The molecule has 1 heterocycles. The zero-order valence-electron chi connectivity index (χ0n) is 20.4. The lowest BCUT2D eigenvalue weighted by molar-refractivity contribution is 0.0958. The number of halogens is 1. The van der Waals surface area contributed by atoms with Crippen LogP contribution in [-0.2, 0) is 6.54 Å². The van der Waals surface area contributed by atoms with Crippen LogP contribution in [0, 0.1) is 5.82 Å². The second kappa shape index (κ2) is 11.2. The third-order valence-electron chi connectivity index (χ3n) is 6.42. The summed E-state index contributed by atoms with van der Waals surface area (Å²) in [6.07, 6.45) is 1.62. The molecule has 3 aromatic carbocycles. The molecule has 0 N–H and O–H groups in total. The maximum Gasteiger partial charge on any atom is 0.258 e. The monoisotopic (exact) mass is 478 g/mol. The fourth-order valence-corrected chi connectivity index (χ4v) is 4.56. The maximum absolute atomic E-state index is 13.7. The Labute approximate surface area is 205 Å². The molecule has 1 fully saturated rings. The Morgan fingerprint density at radius 3 is 2.29 bits per heavy atom. The summed E-state index contributed by atoms with van der Waals surface area (Å²) in [4.78, 5) is 17.9. The first-order valence-corrected chi connectivity index (χ1v) is 11.7. The van der Waals surface area contributed by atoms with Crippen molar-refractivity contribution in [1.29, 1.82) is 0 Å². The first-order chi connectivity index (χ1) is 17.0.